The normalized spacial score (nSPS) is 13.7. The summed E-state index contributed by atoms with van der Waals surface area (Å²) in [4.78, 5) is 4.88. The minimum atomic E-state index is -0.700. The highest BCUT2D eigenvalue weighted by atomic mass is 32.2. The van der Waals surface area contributed by atoms with Crippen molar-refractivity contribution in [3.8, 4) is 0 Å². The molecule has 0 saturated carbocycles. The molecule has 0 aromatic heterocycles. The van der Waals surface area contributed by atoms with Gasteiger partial charge >= 0.3 is 0 Å². The van der Waals surface area contributed by atoms with Crippen LogP contribution in [-0.4, -0.2) is 99.3 Å². The fourth-order valence-corrected chi connectivity index (χ4v) is 2.52. The van der Waals surface area contributed by atoms with Crippen molar-refractivity contribution in [1.29, 1.82) is 0 Å². The fourth-order valence-electron chi connectivity index (χ4n) is 1.68. The summed E-state index contributed by atoms with van der Waals surface area (Å²) in [7, 11) is 4.60. The number of ether oxygens (including phenoxy) is 7. The Labute approximate surface area is 181 Å². The molecule has 0 bridgehead atoms. The summed E-state index contributed by atoms with van der Waals surface area (Å²) in [5, 5.41) is 0. The maximum Gasteiger partial charge on any atom is 0.187 e. The van der Waals surface area contributed by atoms with Crippen LogP contribution >= 0.6 is 24.4 Å². The van der Waals surface area contributed by atoms with Crippen LogP contribution in [0.3, 0.4) is 0 Å². The van der Waals surface area contributed by atoms with Crippen LogP contribution < -0.4 is 0 Å². The summed E-state index contributed by atoms with van der Waals surface area (Å²) in [5.41, 5.74) is 0. The Bertz CT molecular complexity index is 319. The highest BCUT2D eigenvalue weighted by Crippen LogP contribution is 2.15. The first-order chi connectivity index (χ1) is 14.3. The van der Waals surface area contributed by atoms with Gasteiger partial charge in [-0.25, -0.2) is 4.89 Å². The molecule has 0 aliphatic heterocycles. The van der Waals surface area contributed by atoms with Crippen molar-refractivity contribution in [2.75, 3.05) is 86.9 Å². The van der Waals surface area contributed by atoms with Gasteiger partial charge in [0.1, 0.15) is 19.7 Å². The fraction of sp³-hybridized carbons (Fsp3) is 1.00. The molecule has 0 amide bonds. The van der Waals surface area contributed by atoms with Crippen LogP contribution in [0.5, 0.6) is 0 Å². The zero-order chi connectivity index (χ0) is 21.4. The lowest BCUT2D eigenvalue weighted by molar-refractivity contribution is -0.236. The number of methoxy groups -OCH3 is 2. The third-order valence-electron chi connectivity index (χ3n) is 2.80. The molecule has 2 atom stereocenters. The average Bonchev–Trinajstić information content (AvgIpc) is 2.73. The van der Waals surface area contributed by atoms with E-state index in [4.69, 9.17) is 50.7 Å². The topological polar surface area (TPSA) is 102 Å². The van der Waals surface area contributed by atoms with Crippen LogP contribution in [-0.2, 0) is 50.7 Å². The summed E-state index contributed by atoms with van der Waals surface area (Å²) in [6, 6.07) is 0. The quantitative estimate of drug-likeness (QED) is 0.0680. The Morgan fingerprint density at radius 2 is 1.48 bits per heavy atom. The molecule has 13 heteroatoms. The number of rotatable bonds is 24. The van der Waals surface area contributed by atoms with Gasteiger partial charge in [-0.3, -0.25) is 8.37 Å². The molecular formula is C16H34O11S2. The van der Waals surface area contributed by atoms with Crippen LogP contribution in [0.4, 0.5) is 0 Å². The first-order valence-corrected chi connectivity index (χ1v) is 10.6. The SMILES string of the molecule is CCOOSCC(OCCOCCOCOC)C(OCCOSOC)OCOC. The highest BCUT2D eigenvalue weighted by molar-refractivity contribution is 7.94. The molecule has 0 rings (SSSR count). The Morgan fingerprint density at radius 3 is 2.21 bits per heavy atom. The number of hydrogen-bond acceptors (Lipinski definition) is 13. The van der Waals surface area contributed by atoms with Crippen LogP contribution in [0.15, 0.2) is 0 Å². The van der Waals surface area contributed by atoms with Crippen LogP contribution in [0.25, 0.3) is 0 Å². The summed E-state index contributed by atoms with van der Waals surface area (Å²) >= 11 is 1.97. The highest BCUT2D eigenvalue weighted by Gasteiger charge is 2.25. The Morgan fingerprint density at radius 1 is 0.759 bits per heavy atom. The van der Waals surface area contributed by atoms with Gasteiger partial charge in [0.2, 0.25) is 0 Å². The molecule has 11 nitrogen and oxygen atoms in total. The van der Waals surface area contributed by atoms with Crippen molar-refractivity contribution in [2.45, 2.75) is 19.3 Å². The number of hydrogen-bond donors (Lipinski definition) is 0. The second-order valence-electron chi connectivity index (χ2n) is 4.96. The maximum absolute atomic E-state index is 5.86. The average molecular weight is 467 g/mol. The minimum absolute atomic E-state index is 0.0442. The van der Waals surface area contributed by atoms with Crippen molar-refractivity contribution in [2.24, 2.45) is 0 Å². The predicted molar refractivity (Wildman–Crippen MR) is 107 cm³/mol. The van der Waals surface area contributed by atoms with Crippen molar-refractivity contribution in [1.82, 2.24) is 0 Å². The molecule has 0 aromatic carbocycles. The van der Waals surface area contributed by atoms with Gasteiger partial charge < -0.3 is 33.2 Å². The van der Waals surface area contributed by atoms with Gasteiger partial charge in [0, 0.05) is 26.3 Å². The molecule has 0 aliphatic carbocycles. The Hall–Kier alpha value is 0.260. The molecule has 0 aromatic rings. The Balaban J connectivity index is 4.36. The van der Waals surface area contributed by atoms with E-state index in [-0.39, 0.29) is 20.2 Å². The molecular weight excluding hydrogens is 432 g/mol. The van der Waals surface area contributed by atoms with E-state index < -0.39 is 12.4 Å². The molecule has 176 valence electrons. The summed E-state index contributed by atoms with van der Waals surface area (Å²) < 4.78 is 52.4. The smallest absolute Gasteiger partial charge is 0.187 e. The van der Waals surface area contributed by atoms with Crippen LogP contribution in [0.1, 0.15) is 6.92 Å². The lowest BCUT2D eigenvalue weighted by Crippen LogP contribution is -2.38. The van der Waals surface area contributed by atoms with Crippen molar-refractivity contribution >= 4 is 24.4 Å². The van der Waals surface area contributed by atoms with E-state index in [1.165, 1.54) is 14.2 Å². The van der Waals surface area contributed by atoms with E-state index in [0.717, 1.165) is 24.4 Å². The standard InChI is InChI=1S/C16H34O11S2/c1-5-25-27-28-12-15(22-9-8-20-6-7-21-13-17-2)16(24-14-18-3)23-10-11-26-29-19-4/h15-16H,5-14H2,1-4H3. The second-order valence-corrected chi connectivity index (χ2v) is 6.37. The van der Waals surface area contributed by atoms with Crippen LogP contribution in [0.2, 0.25) is 0 Å². The van der Waals surface area contributed by atoms with E-state index in [0.29, 0.717) is 45.4 Å². The first-order valence-electron chi connectivity index (χ1n) is 9.01. The van der Waals surface area contributed by atoms with Gasteiger partial charge in [-0.1, -0.05) is 0 Å². The predicted octanol–water partition coefficient (Wildman–Crippen LogP) is 1.81. The molecule has 29 heavy (non-hydrogen) atoms. The van der Waals surface area contributed by atoms with Gasteiger partial charge in [-0.15, -0.1) is 0 Å². The molecule has 0 aliphatic rings. The van der Waals surface area contributed by atoms with Gasteiger partial charge in [0.15, 0.2) is 18.6 Å². The van der Waals surface area contributed by atoms with E-state index in [2.05, 4.69) is 0 Å². The molecule has 0 fully saturated rings. The van der Waals surface area contributed by atoms with Gasteiger partial charge in [-0.05, 0) is 6.92 Å². The third-order valence-corrected chi connectivity index (χ3v) is 3.85. The van der Waals surface area contributed by atoms with E-state index in [1.54, 1.807) is 7.11 Å². The largest absolute Gasteiger partial charge is 0.377 e. The van der Waals surface area contributed by atoms with Gasteiger partial charge in [-0.2, -0.15) is 4.33 Å². The van der Waals surface area contributed by atoms with E-state index in [1.807, 2.05) is 6.92 Å². The zero-order valence-electron chi connectivity index (χ0n) is 17.5. The molecule has 0 N–H and O–H groups in total. The summed E-state index contributed by atoms with van der Waals surface area (Å²) in [5.74, 6) is 0.402. The Kier molecular flexibility index (Phi) is 24.7. The van der Waals surface area contributed by atoms with E-state index >= 15 is 0 Å². The van der Waals surface area contributed by atoms with Crippen molar-refractivity contribution in [3.05, 3.63) is 0 Å². The zero-order valence-corrected chi connectivity index (χ0v) is 19.2. The summed E-state index contributed by atoms with van der Waals surface area (Å²) in [6.07, 6.45) is -1.16. The maximum atomic E-state index is 5.86. The molecule has 2 unspecified atom stereocenters. The molecule has 0 heterocycles. The van der Waals surface area contributed by atoms with Crippen molar-refractivity contribution < 1.29 is 50.7 Å². The first kappa shape index (κ1) is 29.3. The van der Waals surface area contributed by atoms with Crippen LogP contribution in [0, 0.1) is 0 Å². The van der Waals surface area contributed by atoms with Gasteiger partial charge in [0.05, 0.1) is 59.1 Å². The molecule has 0 saturated heterocycles. The second kappa shape index (κ2) is 24.5. The monoisotopic (exact) mass is 466 g/mol. The lowest BCUT2D eigenvalue weighted by Gasteiger charge is -2.26. The molecule has 0 radical (unpaired) electrons. The lowest BCUT2D eigenvalue weighted by atomic mass is 10.4. The van der Waals surface area contributed by atoms with Gasteiger partial charge in [0.25, 0.3) is 0 Å². The molecule has 0 spiro atoms. The van der Waals surface area contributed by atoms with Crippen molar-refractivity contribution in [3.63, 3.8) is 0 Å². The summed E-state index contributed by atoms with van der Waals surface area (Å²) in [6.45, 7) is 4.72. The minimum Gasteiger partial charge on any atom is -0.377 e. The van der Waals surface area contributed by atoms with E-state index in [9.17, 15) is 0 Å². The third kappa shape index (κ3) is 19.9.